The molecule has 1 aliphatic rings. The molecule has 2 heterocycles. The van der Waals surface area contributed by atoms with E-state index in [0.29, 0.717) is 0 Å². The molecule has 0 amide bonds. The fraction of sp³-hybridized carbons (Fsp3) is 0.375. The minimum Gasteiger partial charge on any atom is -0.507 e. The van der Waals surface area contributed by atoms with Crippen molar-refractivity contribution in [3.8, 4) is 17.0 Å². The molecule has 1 aromatic heterocycles. The molecule has 0 unspecified atom stereocenters. The molecule has 110 valence electrons. The van der Waals surface area contributed by atoms with E-state index >= 15 is 0 Å². The molecule has 0 aliphatic carbocycles. The lowest BCUT2D eigenvalue weighted by molar-refractivity contribution is -0.111. The van der Waals surface area contributed by atoms with Crippen LogP contribution in [0.2, 0.25) is 0 Å². The summed E-state index contributed by atoms with van der Waals surface area (Å²) in [5.74, 6) is 0.457. The molecular formula is C16H18N2O2S. The van der Waals surface area contributed by atoms with E-state index in [1.165, 1.54) is 0 Å². The van der Waals surface area contributed by atoms with Crippen LogP contribution in [0.5, 0.6) is 5.75 Å². The van der Waals surface area contributed by atoms with Crippen LogP contribution in [-0.2, 0) is 4.79 Å². The van der Waals surface area contributed by atoms with Gasteiger partial charge in [0.25, 0.3) is 0 Å². The highest BCUT2D eigenvalue weighted by Gasteiger charge is 2.21. The predicted octanol–water partition coefficient (Wildman–Crippen LogP) is 3.24. The van der Waals surface area contributed by atoms with Gasteiger partial charge in [-0.05, 0) is 31.9 Å². The van der Waals surface area contributed by atoms with E-state index in [2.05, 4.69) is 9.88 Å². The summed E-state index contributed by atoms with van der Waals surface area (Å²) < 4.78 is 0. The fourth-order valence-corrected chi connectivity index (χ4v) is 3.49. The number of aromatic nitrogens is 1. The average Bonchev–Trinajstić information content (AvgIpc) is 2.99. The number of hydrogen-bond donors (Lipinski definition) is 1. The summed E-state index contributed by atoms with van der Waals surface area (Å²) in [5, 5.41) is 12.9. The van der Waals surface area contributed by atoms with E-state index in [1.807, 2.05) is 24.4 Å². The van der Waals surface area contributed by atoms with Crippen LogP contribution in [0, 0.1) is 12.8 Å². The summed E-state index contributed by atoms with van der Waals surface area (Å²) in [4.78, 5) is 17.7. The van der Waals surface area contributed by atoms with Crippen LogP contribution in [0.15, 0.2) is 23.6 Å². The summed E-state index contributed by atoms with van der Waals surface area (Å²) in [6.45, 7) is 3.74. The molecule has 4 nitrogen and oxygen atoms in total. The third-order valence-electron chi connectivity index (χ3n) is 3.92. The predicted molar refractivity (Wildman–Crippen MR) is 85.0 cm³/mol. The summed E-state index contributed by atoms with van der Waals surface area (Å²) in [6, 6.07) is 5.54. The van der Waals surface area contributed by atoms with Crippen molar-refractivity contribution in [2.75, 3.05) is 18.0 Å². The molecule has 0 radical (unpaired) electrons. The first-order valence-corrected chi connectivity index (χ1v) is 8.01. The molecule has 1 fully saturated rings. The number of carbonyl (C=O) groups is 1. The maximum absolute atomic E-state index is 10.8. The number of benzene rings is 1. The topological polar surface area (TPSA) is 53.4 Å². The van der Waals surface area contributed by atoms with Gasteiger partial charge in [0.2, 0.25) is 0 Å². The van der Waals surface area contributed by atoms with Crippen molar-refractivity contribution >= 4 is 22.8 Å². The summed E-state index contributed by atoms with van der Waals surface area (Å²) in [7, 11) is 0. The van der Waals surface area contributed by atoms with Gasteiger partial charge in [-0.1, -0.05) is 11.6 Å². The largest absolute Gasteiger partial charge is 0.507 e. The zero-order valence-electron chi connectivity index (χ0n) is 12.0. The normalized spacial score (nSPS) is 16.1. The lowest BCUT2D eigenvalue weighted by atomic mass is 9.99. The quantitative estimate of drug-likeness (QED) is 0.884. The highest BCUT2D eigenvalue weighted by Crippen LogP contribution is 2.34. The van der Waals surface area contributed by atoms with Crippen molar-refractivity contribution in [1.29, 1.82) is 0 Å². The van der Waals surface area contributed by atoms with Crippen LogP contribution in [-0.4, -0.2) is 29.5 Å². The standard InChI is InChI=1S/C16H18N2O2S/c1-11-2-3-15(20)13(8-11)14-10-21-16(17-14)18-6-4-12(9-19)5-7-18/h2-3,8-10,12,20H,4-7H2,1H3. The van der Waals surface area contributed by atoms with Crippen LogP contribution in [0.1, 0.15) is 18.4 Å². The van der Waals surface area contributed by atoms with Crippen molar-refractivity contribution < 1.29 is 9.90 Å². The number of nitrogens with zero attached hydrogens (tertiary/aromatic N) is 2. The molecule has 1 aliphatic heterocycles. The van der Waals surface area contributed by atoms with Crippen molar-refractivity contribution in [2.24, 2.45) is 5.92 Å². The Labute approximate surface area is 128 Å². The molecule has 0 atom stereocenters. The van der Waals surface area contributed by atoms with Gasteiger partial charge in [0.15, 0.2) is 5.13 Å². The van der Waals surface area contributed by atoms with Crippen LogP contribution in [0.3, 0.4) is 0 Å². The molecule has 3 rings (SSSR count). The maximum atomic E-state index is 10.8. The third-order valence-corrected chi connectivity index (χ3v) is 4.82. The molecule has 1 N–H and O–H groups in total. The van der Waals surface area contributed by atoms with E-state index in [-0.39, 0.29) is 11.7 Å². The van der Waals surface area contributed by atoms with E-state index in [0.717, 1.165) is 54.2 Å². The van der Waals surface area contributed by atoms with Gasteiger partial charge in [0, 0.05) is 30.0 Å². The highest BCUT2D eigenvalue weighted by molar-refractivity contribution is 7.14. The molecule has 21 heavy (non-hydrogen) atoms. The summed E-state index contributed by atoms with van der Waals surface area (Å²) >= 11 is 1.59. The van der Waals surface area contributed by atoms with E-state index in [1.54, 1.807) is 17.4 Å². The molecule has 0 saturated carbocycles. The second-order valence-corrected chi connectivity index (χ2v) is 6.33. The van der Waals surface area contributed by atoms with Gasteiger partial charge < -0.3 is 14.8 Å². The van der Waals surface area contributed by atoms with Gasteiger partial charge in [-0.3, -0.25) is 0 Å². The Morgan fingerprint density at radius 3 is 2.86 bits per heavy atom. The first-order chi connectivity index (χ1) is 10.2. The summed E-state index contributed by atoms with van der Waals surface area (Å²) in [6.07, 6.45) is 2.86. The molecule has 0 bridgehead atoms. The highest BCUT2D eigenvalue weighted by atomic mass is 32.1. The van der Waals surface area contributed by atoms with Gasteiger partial charge >= 0.3 is 0 Å². The van der Waals surface area contributed by atoms with E-state index in [4.69, 9.17) is 0 Å². The Morgan fingerprint density at radius 2 is 2.14 bits per heavy atom. The minimum absolute atomic E-state index is 0.196. The maximum Gasteiger partial charge on any atom is 0.185 e. The van der Waals surface area contributed by atoms with Crippen LogP contribution in [0.25, 0.3) is 11.3 Å². The van der Waals surface area contributed by atoms with Gasteiger partial charge in [-0.15, -0.1) is 11.3 Å². The number of phenolic OH excluding ortho intramolecular Hbond substituents is 1. The lowest BCUT2D eigenvalue weighted by Gasteiger charge is -2.29. The zero-order chi connectivity index (χ0) is 14.8. The summed E-state index contributed by atoms with van der Waals surface area (Å²) in [5.41, 5.74) is 2.69. The van der Waals surface area contributed by atoms with Gasteiger partial charge in [-0.25, -0.2) is 4.98 Å². The Balaban J connectivity index is 1.80. The zero-order valence-corrected chi connectivity index (χ0v) is 12.8. The SMILES string of the molecule is Cc1ccc(O)c(-c2csc(N3CCC(C=O)CC3)n2)c1. The Kier molecular flexibility index (Phi) is 3.92. The number of thiazole rings is 1. The number of hydrogen-bond acceptors (Lipinski definition) is 5. The minimum atomic E-state index is 0.196. The molecule has 1 aromatic carbocycles. The second-order valence-electron chi connectivity index (χ2n) is 5.50. The average molecular weight is 302 g/mol. The number of piperidine rings is 1. The lowest BCUT2D eigenvalue weighted by Crippen LogP contribution is -2.33. The van der Waals surface area contributed by atoms with Gasteiger partial charge in [0.1, 0.15) is 12.0 Å². The second kappa shape index (κ2) is 5.85. The monoisotopic (exact) mass is 302 g/mol. The Bertz CT molecular complexity index is 645. The van der Waals surface area contributed by atoms with Crippen molar-refractivity contribution in [3.63, 3.8) is 0 Å². The molecule has 1 saturated heterocycles. The Hall–Kier alpha value is -1.88. The third kappa shape index (κ3) is 2.93. The van der Waals surface area contributed by atoms with Crippen molar-refractivity contribution in [1.82, 2.24) is 4.98 Å². The van der Waals surface area contributed by atoms with E-state index in [9.17, 15) is 9.90 Å². The number of carbonyl (C=O) groups excluding carboxylic acids is 1. The number of anilines is 1. The van der Waals surface area contributed by atoms with Crippen molar-refractivity contribution in [2.45, 2.75) is 19.8 Å². The van der Waals surface area contributed by atoms with Crippen LogP contribution in [0.4, 0.5) is 5.13 Å². The number of aryl methyl sites for hydroxylation is 1. The number of phenols is 1. The number of aromatic hydroxyl groups is 1. The first kappa shape index (κ1) is 14.1. The van der Waals surface area contributed by atoms with Gasteiger partial charge in [0.05, 0.1) is 5.69 Å². The molecule has 2 aromatic rings. The fourth-order valence-electron chi connectivity index (χ4n) is 2.62. The number of rotatable bonds is 3. The van der Waals surface area contributed by atoms with Crippen molar-refractivity contribution in [3.05, 3.63) is 29.1 Å². The Morgan fingerprint density at radius 1 is 1.38 bits per heavy atom. The number of aldehydes is 1. The first-order valence-electron chi connectivity index (χ1n) is 7.13. The van der Waals surface area contributed by atoms with E-state index < -0.39 is 0 Å². The molecular weight excluding hydrogens is 284 g/mol. The molecule has 0 spiro atoms. The van der Waals surface area contributed by atoms with Crippen LogP contribution >= 0.6 is 11.3 Å². The van der Waals surface area contributed by atoms with Gasteiger partial charge in [-0.2, -0.15) is 0 Å². The smallest absolute Gasteiger partial charge is 0.185 e. The van der Waals surface area contributed by atoms with Crippen LogP contribution < -0.4 is 4.90 Å². The molecule has 5 heteroatoms.